The SMILES string of the molecule is CC(C)Oc1cccc(CNc2ccc(F)cc2F)c1. The smallest absolute Gasteiger partial charge is 0.149 e. The lowest BCUT2D eigenvalue weighted by atomic mass is 10.2. The molecule has 0 aliphatic heterocycles. The molecule has 106 valence electrons. The second-order valence-corrected chi connectivity index (χ2v) is 4.79. The van der Waals surface area contributed by atoms with Crippen LogP contribution in [0, 0.1) is 11.6 Å². The lowest BCUT2D eigenvalue weighted by Gasteiger charge is -2.12. The van der Waals surface area contributed by atoms with Gasteiger partial charge < -0.3 is 10.1 Å². The Kier molecular flexibility index (Phi) is 4.56. The zero-order chi connectivity index (χ0) is 14.5. The molecule has 0 fully saturated rings. The van der Waals surface area contributed by atoms with Crippen LogP contribution in [0.25, 0.3) is 0 Å². The summed E-state index contributed by atoms with van der Waals surface area (Å²) in [5.74, 6) is -0.404. The van der Waals surface area contributed by atoms with Crippen LogP contribution in [0.3, 0.4) is 0 Å². The minimum Gasteiger partial charge on any atom is -0.491 e. The van der Waals surface area contributed by atoms with Crippen molar-refractivity contribution in [2.24, 2.45) is 0 Å². The quantitative estimate of drug-likeness (QED) is 0.876. The maximum atomic E-state index is 13.5. The van der Waals surface area contributed by atoms with Crippen molar-refractivity contribution >= 4 is 5.69 Å². The summed E-state index contributed by atoms with van der Waals surface area (Å²) >= 11 is 0. The highest BCUT2D eigenvalue weighted by Gasteiger charge is 2.04. The molecule has 0 radical (unpaired) electrons. The fraction of sp³-hybridized carbons (Fsp3) is 0.250. The van der Waals surface area contributed by atoms with Gasteiger partial charge in [-0.05, 0) is 43.7 Å². The first kappa shape index (κ1) is 14.3. The van der Waals surface area contributed by atoms with Gasteiger partial charge in [-0.15, -0.1) is 0 Å². The topological polar surface area (TPSA) is 21.3 Å². The molecule has 2 nitrogen and oxygen atoms in total. The highest BCUT2D eigenvalue weighted by atomic mass is 19.1. The van der Waals surface area contributed by atoms with Crippen LogP contribution in [0.2, 0.25) is 0 Å². The van der Waals surface area contributed by atoms with Gasteiger partial charge in [0.25, 0.3) is 0 Å². The first-order chi connectivity index (χ1) is 9.54. The fourth-order valence-electron chi connectivity index (χ4n) is 1.83. The van der Waals surface area contributed by atoms with Gasteiger partial charge in [0.1, 0.15) is 17.4 Å². The third-order valence-corrected chi connectivity index (χ3v) is 2.68. The average Bonchev–Trinajstić information content (AvgIpc) is 2.37. The van der Waals surface area contributed by atoms with Crippen LogP contribution in [0.15, 0.2) is 42.5 Å². The molecule has 0 unspecified atom stereocenters. The van der Waals surface area contributed by atoms with Crippen LogP contribution < -0.4 is 10.1 Å². The molecule has 2 rings (SSSR count). The van der Waals surface area contributed by atoms with Gasteiger partial charge >= 0.3 is 0 Å². The monoisotopic (exact) mass is 277 g/mol. The summed E-state index contributed by atoms with van der Waals surface area (Å²) in [6, 6.07) is 11.1. The van der Waals surface area contributed by atoms with Crippen LogP contribution in [0.1, 0.15) is 19.4 Å². The molecule has 0 aromatic heterocycles. The lowest BCUT2D eigenvalue weighted by molar-refractivity contribution is 0.242. The second kappa shape index (κ2) is 6.37. The van der Waals surface area contributed by atoms with Gasteiger partial charge in [-0.1, -0.05) is 12.1 Å². The van der Waals surface area contributed by atoms with Crippen LogP contribution >= 0.6 is 0 Å². The maximum absolute atomic E-state index is 13.5. The third-order valence-electron chi connectivity index (χ3n) is 2.68. The van der Waals surface area contributed by atoms with Gasteiger partial charge in [0.2, 0.25) is 0 Å². The Balaban J connectivity index is 2.03. The number of halogens is 2. The van der Waals surface area contributed by atoms with Crippen molar-refractivity contribution in [2.75, 3.05) is 5.32 Å². The van der Waals surface area contributed by atoms with Gasteiger partial charge in [-0.25, -0.2) is 8.78 Å². The lowest BCUT2D eigenvalue weighted by Crippen LogP contribution is -2.06. The molecule has 1 N–H and O–H groups in total. The van der Waals surface area contributed by atoms with E-state index in [1.807, 2.05) is 38.1 Å². The molecular formula is C16H17F2NO. The van der Waals surface area contributed by atoms with Crippen molar-refractivity contribution in [1.82, 2.24) is 0 Å². The molecule has 2 aromatic rings. The summed E-state index contributed by atoms with van der Waals surface area (Å²) in [7, 11) is 0. The number of hydrogen-bond donors (Lipinski definition) is 1. The molecule has 2 aromatic carbocycles. The molecule has 4 heteroatoms. The van der Waals surface area contributed by atoms with Gasteiger partial charge in [-0.3, -0.25) is 0 Å². The van der Waals surface area contributed by atoms with Crippen molar-refractivity contribution < 1.29 is 13.5 Å². The molecule has 0 aliphatic carbocycles. The summed E-state index contributed by atoms with van der Waals surface area (Å²) in [6.07, 6.45) is 0.104. The van der Waals surface area contributed by atoms with Gasteiger partial charge in [0, 0.05) is 12.6 Å². The predicted molar refractivity (Wildman–Crippen MR) is 75.9 cm³/mol. The van der Waals surface area contributed by atoms with Gasteiger partial charge in [0.05, 0.1) is 11.8 Å². The van der Waals surface area contributed by atoms with E-state index in [2.05, 4.69) is 5.32 Å². The number of benzene rings is 2. The Bertz CT molecular complexity index is 584. The van der Waals surface area contributed by atoms with E-state index in [0.717, 1.165) is 17.4 Å². The van der Waals surface area contributed by atoms with Crippen molar-refractivity contribution in [3.8, 4) is 5.75 Å². The standard InChI is InChI=1S/C16H17F2NO/c1-11(2)20-14-5-3-4-12(8-14)10-19-16-7-6-13(17)9-15(16)18/h3-9,11,19H,10H2,1-2H3. The van der Waals surface area contributed by atoms with Crippen molar-refractivity contribution in [3.05, 3.63) is 59.7 Å². The molecular weight excluding hydrogens is 260 g/mol. The Labute approximate surface area is 117 Å². The van der Waals surface area contributed by atoms with Crippen molar-refractivity contribution in [2.45, 2.75) is 26.5 Å². The Morgan fingerprint density at radius 1 is 1.10 bits per heavy atom. The largest absolute Gasteiger partial charge is 0.491 e. The van der Waals surface area contributed by atoms with E-state index in [0.29, 0.717) is 6.54 Å². The van der Waals surface area contributed by atoms with E-state index >= 15 is 0 Å². The van der Waals surface area contributed by atoms with E-state index in [1.54, 1.807) is 0 Å². The average molecular weight is 277 g/mol. The van der Waals surface area contributed by atoms with Crippen LogP contribution in [0.4, 0.5) is 14.5 Å². The first-order valence-corrected chi connectivity index (χ1v) is 6.49. The summed E-state index contributed by atoms with van der Waals surface area (Å²) in [5, 5.41) is 2.94. The molecule has 0 atom stereocenters. The second-order valence-electron chi connectivity index (χ2n) is 4.79. The molecule has 0 saturated heterocycles. The first-order valence-electron chi connectivity index (χ1n) is 6.49. The minimum atomic E-state index is -0.598. The van der Waals surface area contributed by atoms with Gasteiger partial charge in [-0.2, -0.15) is 0 Å². The zero-order valence-corrected chi connectivity index (χ0v) is 11.5. The number of anilines is 1. The van der Waals surface area contributed by atoms with E-state index in [1.165, 1.54) is 12.1 Å². The molecule has 0 spiro atoms. The van der Waals surface area contributed by atoms with E-state index < -0.39 is 11.6 Å². The van der Waals surface area contributed by atoms with E-state index in [9.17, 15) is 8.78 Å². The summed E-state index contributed by atoms with van der Waals surface area (Å²) < 4.78 is 31.9. The van der Waals surface area contributed by atoms with Crippen LogP contribution in [-0.4, -0.2) is 6.10 Å². The van der Waals surface area contributed by atoms with Crippen LogP contribution in [0.5, 0.6) is 5.75 Å². The third kappa shape index (κ3) is 3.95. The number of ether oxygens (including phenoxy) is 1. The Morgan fingerprint density at radius 3 is 2.60 bits per heavy atom. The van der Waals surface area contributed by atoms with Crippen molar-refractivity contribution in [1.29, 1.82) is 0 Å². The van der Waals surface area contributed by atoms with Crippen LogP contribution in [-0.2, 0) is 6.54 Å². The summed E-state index contributed by atoms with van der Waals surface area (Å²) in [5.41, 5.74) is 1.24. The number of rotatable bonds is 5. The zero-order valence-electron chi connectivity index (χ0n) is 11.5. The Hall–Kier alpha value is -2.10. The number of hydrogen-bond acceptors (Lipinski definition) is 2. The molecule has 20 heavy (non-hydrogen) atoms. The van der Waals surface area contributed by atoms with E-state index in [-0.39, 0.29) is 11.8 Å². The molecule has 0 heterocycles. The fourth-order valence-corrected chi connectivity index (χ4v) is 1.83. The molecule has 0 saturated carbocycles. The molecule has 0 aliphatic rings. The molecule has 0 bridgehead atoms. The summed E-state index contributed by atoms with van der Waals surface area (Å²) in [4.78, 5) is 0. The van der Waals surface area contributed by atoms with E-state index in [4.69, 9.17) is 4.74 Å². The molecule has 0 amide bonds. The van der Waals surface area contributed by atoms with Crippen molar-refractivity contribution in [3.63, 3.8) is 0 Å². The Morgan fingerprint density at radius 2 is 1.90 bits per heavy atom. The normalized spacial score (nSPS) is 10.7. The van der Waals surface area contributed by atoms with Gasteiger partial charge in [0.15, 0.2) is 0 Å². The highest BCUT2D eigenvalue weighted by Crippen LogP contribution is 2.18. The number of nitrogens with one attached hydrogen (secondary N) is 1. The summed E-state index contributed by atoms with van der Waals surface area (Å²) in [6.45, 7) is 4.36. The maximum Gasteiger partial charge on any atom is 0.149 e. The minimum absolute atomic E-state index is 0.104. The highest BCUT2D eigenvalue weighted by molar-refractivity contribution is 5.45. The predicted octanol–water partition coefficient (Wildman–Crippen LogP) is 4.36.